The molecule has 0 radical (unpaired) electrons. The highest BCUT2D eigenvalue weighted by molar-refractivity contribution is 4.78. The molecule has 4 nitrogen and oxygen atoms in total. The van der Waals surface area contributed by atoms with E-state index in [4.69, 9.17) is 0 Å². The van der Waals surface area contributed by atoms with Crippen LogP contribution in [0.5, 0.6) is 0 Å². The molecule has 1 aromatic heterocycles. The van der Waals surface area contributed by atoms with Crippen LogP contribution in [0.15, 0.2) is 18.5 Å². The van der Waals surface area contributed by atoms with Crippen LogP contribution < -0.4 is 0 Å². The normalized spacial score (nSPS) is 22.1. The lowest BCUT2D eigenvalue weighted by Crippen LogP contribution is -2.35. The maximum absolute atomic E-state index is 4.27. The summed E-state index contributed by atoms with van der Waals surface area (Å²) < 4.78 is 2.04. The summed E-state index contributed by atoms with van der Waals surface area (Å²) >= 11 is 0. The summed E-state index contributed by atoms with van der Waals surface area (Å²) in [6, 6.07) is 2.01. The van der Waals surface area contributed by atoms with Crippen LogP contribution in [0.1, 0.15) is 38.5 Å². The molecule has 2 aliphatic heterocycles. The van der Waals surface area contributed by atoms with Crippen molar-refractivity contribution in [2.45, 2.75) is 45.1 Å². The lowest BCUT2D eigenvalue weighted by Gasteiger charge is -2.32. The Bertz CT molecular complexity index is 376. The molecule has 3 rings (SSSR count). The fraction of sp³-hybridized carbons (Fsp3) is 0.824. The molecule has 0 bridgehead atoms. The van der Waals surface area contributed by atoms with E-state index < -0.39 is 0 Å². The van der Waals surface area contributed by atoms with Gasteiger partial charge in [-0.25, -0.2) is 0 Å². The molecule has 0 spiro atoms. The number of likely N-dealkylation sites (tertiary alicyclic amines) is 2. The monoisotopic (exact) mass is 290 g/mol. The number of rotatable bonds is 7. The Labute approximate surface area is 129 Å². The Morgan fingerprint density at radius 2 is 1.67 bits per heavy atom. The van der Waals surface area contributed by atoms with Crippen LogP contribution in [-0.4, -0.2) is 58.8 Å². The minimum absolute atomic E-state index is 0.980. The van der Waals surface area contributed by atoms with Gasteiger partial charge in [0.05, 0.1) is 0 Å². The van der Waals surface area contributed by atoms with E-state index in [1.807, 2.05) is 16.9 Å². The van der Waals surface area contributed by atoms with E-state index >= 15 is 0 Å². The molecule has 0 aromatic carbocycles. The summed E-state index contributed by atoms with van der Waals surface area (Å²) in [5.41, 5.74) is 0. The number of aromatic nitrogens is 2. The fourth-order valence-corrected chi connectivity index (χ4v) is 3.76. The standard InChI is InChI=1S/C17H30N4/c1-2-10-19(9-1)14-5-17-6-15-20(16-7-17)11-4-13-21-12-3-8-18-21/h3,8,12,17H,1-2,4-7,9-11,13-16H2. The molecule has 0 aliphatic carbocycles. The van der Waals surface area contributed by atoms with Crippen LogP contribution in [-0.2, 0) is 6.54 Å². The Kier molecular flexibility index (Phi) is 5.69. The Balaban J connectivity index is 1.26. The van der Waals surface area contributed by atoms with Gasteiger partial charge in [-0.3, -0.25) is 4.68 Å². The van der Waals surface area contributed by atoms with Gasteiger partial charge in [-0.2, -0.15) is 5.10 Å². The van der Waals surface area contributed by atoms with E-state index in [0.29, 0.717) is 0 Å². The molecule has 2 fully saturated rings. The molecular formula is C17H30N4. The molecule has 0 saturated carbocycles. The van der Waals surface area contributed by atoms with Gasteiger partial charge in [-0.15, -0.1) is 0 Å². The van der Waals surface area contributed by atoms with Crippen molar-refractivity contribution in [1.82, 2.24) is 19.6 Å². The third-order valence-electron chi connectivity index (χ3n) is 5.18. The topological polar surface area (TPSA) is 24.3 Å². The summed E-state index contributed by atoms with van der Waals surface area (Å²) in [7, 11) is 0. The minimum atomic E-state index is 0.980. The average molecular weight is 290 g/mol. The lowest BCUT2D eigenvalue weighted by atomic mass is 9.93. The van der Waals surface area contributed by atoms with Crippen LogP contribution in [0.3, 0.4) is 0 Å². The smallest absolute Gasteiger partial charge is 0.0489 e. The fourth-order valence-electron chi connectivity index (χ4n) is 3.76. The first-order chi connectivity index (χ1) is 10.4. The van der Waals surface area contributed by atoms with Gasteiger partial charge in [0.1, 0.15) is 0 Å². The summed E-state index contributed by atoms with van der Waals surface area (Å²) in [5, 5.41) is 4.27. The highest BCUT2D eigenvalue weighted by Crippen LogP contribution is 2.22. The molecule has 4 heteroatoms. The van der Waals surface area contributed by atoms with Gasteiger partial charge in [0.25, 0.3) is 0 Å². The Morgan fingerprint density at radius 3 is 2.38 bits per heavy atom. The van der Waals surface area contributed by atoms with Gasteiger partial charge >= 0.3 is 0 Å². The zero-order valence-corrected chi connectivity index (χ0v) is 13.3. The first-order valence-corrected chi connectivity index (χ1v) is 8.82. The SMILES string of the molecule is c1cnn(CCCN2CCC(CCN3CCCC3)CC2)c1. The van der Waals surface area contributed by atoms with Crippen LogP contribution >= 0.6 is 0 Å². The van der Waals surface area contributed by atoms with E-state index in [9.17, 15) is 0 Å². The zero-order chi connectivity index (χ0) is 14.3. The van der Waals surface area contributed by atoms with Gasteiger partial charge in [0.15, 0.2) is 0 Å². The van der Waals surface area contributed by atoms with E-state index in [1.165, 1.54) is 77.8 Å². The van der Waals surface area contributed by atoms with Crippen LogP contribution in [0, 0.1) is 5.92 Å². The molecule has 0 unspecified atom stereocenters. The van der Waals surface area contributed by atoms with Crippen molar-refractivity contribution in [3.05, 3.63) is 18.5 Å². The Hall–Kier alpha value is -0.870. The second-order valence-electron chi connectivity index (χ2n) is 6.75. The molecular weight excluding hydrogens is 260 g/mol. The van der Waals surface area contributed by atoms with E-state index in [0.717, 1.165) is 12.5 Å². The third kappa shape index (κ3) is 4.82. The van der Waals surface area contributed by atoms with Crippen molar-refractivity contribution in [2.24, 2.45) is 5.92 Å². The van der Waals surface area contributed by atoms with Crippen molar-refractivity contribution >= 4 is 0 Å². The molecule has 0 amide bonds. The van der Waals surface area contributed by atoms with E-state index in [1.54, 1.807) is 0 Å². The van der Waals surface area contributed by atoms with Crippen LogP contribution in [0.2, 0.25) is 0 Å². The van der Waals surface area contributed by atoms with Crippen molar-refractivity contribution in [3.8, 4) is 0 Å². The predicted octanol–water partition coefficient (Wildman–Crippen LogP) is 2.47. The summed E-state index contributed by atoms with van der Waals surface area (Å²) in [4.78, 5) is 5.31. The highest BCUT2D eigenvalue weighted by atomic mass is 15.3. The average Bonchev–Trinajstić information content (AvgIpc) is 3.20. The molecule has 0 atom stereocenters. The first-order valence-electron chi connectivity index (χ1n) is 8.82. The molecule has 0 N–H and O–H groups in total. The maximum Gasteiger partial charge on any atom is 0.0489 e. The second-order valence-corrected chi connectivity index (χ2v) is 6.75. The first kappa shape index (κ1) is 15.0. The van der Waals surface area contributed by atoms with E-state index in [-0.39, 0.29) is 0 Å². The van der Waals surface area contributed by atoms with Crippen molar-refractivity contribution in [2.75, 3.05) is 39.3 Å². The summed E-state index contributed by atoms with van der Waals surface area (Å²) in [6.45, 7) is 8.97. The van der Waals surface area contributed by atoms with Gasteiger partial charge < -0.3 is 9.80 Å². The second kappa shape index (κ2) is 7.95. The highest BCUT2D eigenvalue weighted by Gasteiger charge is 2.20. The van der Waals surface area contributed by atoms with E-state index in [2.05, 4.69) is 21.1 Å². The maximum atomic E-state index is 4.27. The number of hydrogen-bond acceptors (Lipinski definition) is 3. The molecule has 3 heterocycles. The summed E-state index contributed by atoms with van der Waals surface area (Å²) in [5.74, 6) is 0.980. The number of hydrogen-bond donors (Lipinski definition) is 0. The van der Waals surface area contributed by atoms with Crippen molar-refractivity contribution in [3.63, 3.8) is 0 Å². The quantitative estimate of drug-likeness (QED) is 0.771. The number of nitrogens with zero attached hydrogens (tertiary/aromatic N) is 4. The van der Waals surface area contributed by atoms with Gasteiger partial charge in [0, 0.05) is 18.9 Å². The third-order valence-corrected chi connectivity index (χ3v) is 5.18. The predicted molar refractivity (Wildman–Crippen MR) is 86.3 cm³/mol. The van der Waals surface area contributed by atoms with Crippen molar-refractivity contribution in [1.29, 1.82) is 0 Å². The lowest BCUT2D eigenvalue weighted by molar-refractivity contribution is 0.165. The molecule has 21 heavy (non-hydrogen) atoms. The number of aryl methyl sites for hydroxylation is 1. The Morgan fingerprint density at radius 1 is 0.905 bits per heavy atom. The zero-order valence-electron chi connectivity index (χ0n) is 13.3. The molecule has 1 aromatic rings. The largest absolute Gasteiger partial charge is 0.303 e. The minimum Gasteiger partial charge on any atom is -0.303 e. The summed E-state index contributed by atoms with van der Waals surface area (Å²) in [6.07, 6.45) is 12.3. The number of piperidine rings is 1. The van der Waals surface area contributed by atoms with Crippen LogP contribution in [0.25, 0.3) is 0 Å². The van der Waals surface area contributed by atoms with Gasteiger partial charge in [-0.1, -0.05) is 0 Å². The molecule has 118 valence electrons. The molecule has 2 saturated heterocycles. The molecule has 2 aliphatic rings. The van der Waals surface area contributed by atoms with Crippen LogP contribution in [0.4, 0.5) is 0 Å². The van der Waals surface area contributed by atoms with Gasteiger partial charge in [-0.05, 0) is 89.8 Å². The van der Waals surface area contributed by atoms with Gasteiger partial charge in [0.2, 0.25) is 0 Å². The van der Waals surface area contributed by atoms with Crippen molar-refractivity contribution < 1.29 is 0 Å².